The van der Waals surface area contributed by atoms with E-state index in [0.717, 1.165) is 11.3 Å². The van der Waals surface area contributed by atoms with Crippen molar-refractivity contribution >= 4 is 17.4 Å². The average Bonchev–Trinajstić information content (AvgIpc) is 3.31. The minimum absolute atomic E-state index is 0.0470. The summed E-state index contributed by atoms with van der Waals surface area (Å²) < 4.78 is 9.48. The number of nitrogens with zero attached hydrogens (tertiary/aromatic N) is 6. The summed E-state index contributed by atoms with van der Waals surface area (Å²) in [5.74, 6) is 1.82. The van der Waals surface area contributed by atoms with Gasteiger partial charge in [0.05, 0.1) is 10.8 Å². The summed E-state index contributed by atoms with van der Waals surface area (Å²) in [6, 6.07) is 5.96. The largest absolute Gasteiger partial charge is 0.483 e. The number of thioether (sulfide) groups is 1. The Balaban J connectivity index is 1.75. The third kappa shape index (κ3) is 4.83. The second-order valence-electron chi connectivity index (χ2n) is 6.51. The van der Waals surface area contributed by atoms with Crippen LogP contribution in [0.2, 0.25) is 0 Å². The number of hydrogen-bond acceptors (Lipinski definition) is 7. The Hall–Kier alpha value is -3.14. The number of aryl methyl sites for hydroxylation is 2. The van der Waals surface area contributed by atoms with Gasteiger partial charge in [0.15, 0.2) is 17.1 Å². The quantitative estimate of drug-likeness (QED) is 0.225. The van der Waals surface area contributed by atoms with Gasteiger partial charge in [0.2, 0.25) is 0 Å². The molecular weight excluding hydrogens is 392 g/mol. The number of ether oxygens (including phenoxy) is 1. The summed E-state index contributed by atoms with van der Waals surface area (Å²) in [5, 5.41) is 24.0. The molecule has 2 heterocycles. The first-order valence-corrected chi connectivity index (χ1v) is 9.95. The van der Waals surface area contributed by atoms with Crippen LogP contribution in [0.1, 0.15) is 30.0 Å². The zero-order chi connectivity index (χ0) is 21.0. The van der Waals surface area contributed by atoms with Gasteiger partial charge in [0.1, 0.15) is 18.1 Å². The van der Waals surface area contributed by atoms with Gasteiger partial charge in [-0.3, -0.25) is 19.4 Å². The van der Waals surface area contributed by atoms with E-state index in [1.165, 1.54) is 34.4 Å². The standard InChI is InChI=1S/C19H22N6O3S/c1-5-8-24-18(15(4)28-17-7-6-13(2)14(3)9-17)21-22-19(24)29-12-23-11-16(10-20-23)25(26)27/h5-7,9-11,15H,1,8,12H2,2-4H3. The van der Waals surface area contributed by atoms with Gasteiger partial charge in [-0.2, -0.15) is 5.10 Å². The lowest BCUT2D eigenvalue weighted by molar-refractivity contribution is -0.385. The summed E-state index contributed by atoms with van der Waals surface area (Å²) in [4.78, 5) is 10.3. The zero-order valence-corrected chi connectivity index (χ0v) is 17.3. The minimum Gasteiger partial charge on any atom is -0.483 e. The molecule has 2 aromatic heterocycles. The van der Waals surface area contributed by atoms with Crippen LogP contribution in [-0.2, 0) is 12.4 Å². The molecule has 0 N–H and O–H groups in total. The molecule has 9 nitrogen and oxygen atoms in total. The molecule has 1 atom stereocenters. The smallest absolute Gasteiger partial charge is 0.307 e. The summed E-state index contributed by atoms with van der Waals surface area (Å²) >= 11 is 1.38. The number of aromatic nitrogens is 5. The highest BCUT2D eigenvalue weighted by Crippen LogP contribution is 2.26. The molecule has 0 saturated heterocycles. The molecule has 0 spiro atoms. The topological polar surface area (TPSA) is 101 Å². The van der Waals surface area contributed by atoms with Crippen LogP contribution in [0.25, 0.3) is 0 Å². The summed E-state index contributed by atoms with van der Waals surface area (Å²) in [7, 11) is 0. The van der Waals surface area contributed by atoms with Crippen molar-refractivity contribution in [1.29, 1.82) is 0 Å². The lowest BCUT2D eigenvalue weighted by atomic mass is 10.1. The van der Waals surface area contributed by atoms with Crippen molar-refractivity contribution in [3.63, 3.8) is 0 Å². The maximum Gasteiger partial charge on any atom is 0.307 e. The number of allylic oxidation sites excluding steroid dienone is 1. The molecule has 0 bridgehead atoms. The third-order valence-corrected chi connectivity index (χ3v) is 5.32. The van der Waals surface area contributed by atoms with Crippen molar-refractivity contribution in [2.24, 2.45) is 0 Å². The molecule has 1 aromatic carbocycles. The van der Waals surface area contributed by atoms with E-state index in [1.54, 1.807) is 6.08 Å². The second-order valence-corrected chi connectivity index (χ2v) is 7.43. The number of nitro groups is 1. The number of benzene rings is 1. The fourth-order valence-electron chi connectivity index (χ4n) is 2.69. The maximum atomic E-state index is 10.8. The van der Waals surface area contributed by atoms with E-state index < -0.39 is 4.92 Å². The Morgan fingerprint density at radius 1 is 1.34 bits per heavy atom. The SMILES string of the molecule is C=CCn1c(SCn2cc([N+](=O)[O-])cn2)nnc1C(C)Oc1ccc(C)c(C)c1. The average molecular weight is 414 g/mol. The third-order valence-electron chi connectivity index (χ3n) is 4.37. The molecule has 29 heavy (non-hydrogen) atoms. The predicted molar refractivity (Wildman–Crippen MR) is 110 cm³/mol. The van der Waals surface area contributed by atoms with Crippen LogP contribution in [0.3, 0.4) is 0 Å². The lowest BCUT2D eigenvalue weighted by Gasteiger charge is -2.16. The van der Waals surface area contributed by atoms with E-state index in [-0.39, 0.29) is 11.8 Å². The molecule has 0 aliphatic carbocycles. The van der Waals surface area contributed by atoms with E-state index in [4.69, 9.17) is 4.74 Å². The molecular formula is C19H22N6O3S. The van der Waals surface area contributed by atoms with Crippen LogP contribution < -0.4 is 4.74 Å². The molecule has 3 aromatic rings. The van der Waals surface area contributed by atoms with Gasteiger partial charge in [-0.1, -0.05) is 23.9 Å². The predicted octanol–water partition coefficient (Wildman–Crippen LogP) is 4.08. The highest BCUT2D eigenvalue weighted by Gasteiger charge is 2.20. The Labute approximate surface area is 172 Å². The molecule has 0 fully saturated rings. The van der Waals surface area contributed by atoms with Crippen LogP contribution in [0.15, 0.2) is 48.4 Å². The van der Waals surface area contributed by atoms with Crippen LogP contribution in [-0.4, -0.2) is 29.5 Å². The van der Waals surface area contributed by atoms with Crippen LogP contribution >= 0.6 is 11.8 Å². The van der Waals surface area contributed by atoms with Crippen molar-refractivity contribution in [3.8, 4) is 5.75 Å². The van der Waals surface area contributed by atoms with E-state index in [9.17, 15) is 10.1 Å². The van der Waals surface area contributed by atoms with E-state index in [0.29, 0.717) is 23.4 Å². The van der Waals surface area contributed by atoms with Crippen molar-refractivity contribution in [1.82, 2.24) is 24.5 Å². The summed E-state index contributed by atoms with van der Waals surface area (Å²) in [6.45, 7) is 10.3. The van der Waals surface area contributed by atoms with E-state index in [1.807, 2.05) is 36.6 Å². The first-order valence-electron chi connectivity index (χ1n) is 8.96. The van der Waals surface area contributed by atoms with E-state index in [2.05, 4.69) is 28.8 Å². The molecule has 0 aliphatic heterocycles. The lowest BCUT2D eigenvalue weighted by Crippen LogP contribution is -2.12. The van der Waals surface area contributed by atoms with Gasteiger partial charge < -0.3 is 4.74 Å². The molecule has 0 radical (unpaired) electrons. The molecule has 152 valence electrons. The monoisotopic (exact) mass is 414 g/mol. The molecule has 0 saturated carbocycles. The van der Waals surface area contributed by atoms with Gasteiger partial charge in [0.25, 0.3) is 0 Å². The zero-order valence-electron chi connectivity index (χ0n) is 16.5. The van der Waals surface area contributed by atoms with Crippen LogP contribution in [0.5, 0.6) is 5.75 Å². The second kappa shape index (κ2) is 8.91. The van der Waals surface area contributed by atoms with Crippen molar-refractivity contribution < 1.29 is 9.66 Å². The summed E-state index contributed by atoms with van der Waals surface area (Å²) in [5.41, 5.74) is 2.32. The van der Waals surface area contributed by atoms with Gasteiger partial charge in [-0.25, -0.2) is 0 Å². The maximum absolute atomic E-state index is 10.8. The number of hydrogen-bond donors (Lipinski definition) is 0. The highest BCUT2D eigenvalue weighted by atomic mass is 32.2. The van der Waals surface area contributed by atoms with Gasteiger partial charge in [-0.05, 0) is 44.0 Å². The van der Waals surface area contributed by atoms with E-state index >= 15 is 0 Å². The highest BCUT2D eigenvalue weighted by molar-refractivity contribution is 7.98. The van der Waals surface area contributed by atoms with Crippen molar-refractivity contribution in [3.05, 3.63) is 70.3 Å². The van der Waals surface area contributed by atoms with Crippen molar-refractivity contribution in [2.45, 2.75) is 44.5 Å². The van der Waals surface area contributed by atoms with Crippen LogP contribution in [0.4, 0.5) is 5.69 Å². The Morgan fingerprint density at radius 3 is 2.79 bits per heavy atom. The normalized spacial score (nSPS) is 12.0. The number of rotatable bonds is 9. The first-order chi connectivity index (χ1) is 13.9. The molecule has 3 rings (SSSR count). The Morgan fingerprint density at radius 2 is 2.14 bits per heavy atom. The van der Waals surface area contributed by atoms with Crippen LogP contribution in [0, 0.1) is 24.0 Å². The summed E-state index contributed by atoms with van der Waals surface area (Å²) in [6.07, 6.45) is 4.05. The molecule has 10 heteroatoms. The Kier molecular flexibility index (Phi) is 6.32. The minimum atomic E-state index is -0.474. The van der Waals surface area contributed by atoms with Gasteiger partial charge in [0, 0.05) is 6.54 Å². The van der Waals surface area contributed by atoms with Crippen molar-refractivity contribution in [2.75, 3.05) is 0 Å². The fourth-order valence-corrected chi connectivity index (χ4v) is 3.51. The van der Waals surface area contributed by atoms with Gasteiger partial charge >= 0.3 is 5.69 Å². The molecule has 1 unspecified atom stereocenters. The molecule has 0 aliphatic rings. The Bertz CT molecular complexity index is 1030. The van der Waals surface area contributed by atoms with Gasteiger partial charge in [-0.15, -0.1) is 16.8 Å². The fraction of sp³-hybridized carbons (Fsp3) is 0.316. The molecule has 0 amide bonds. The first kappa shape index (κ1) is 20.6.